The molecule has 5 nitrogen and oxygen atoms in total. The Morgan fingerprint density at radius 3 is 2.74 bits per heavy atom. The van der Waals surface area contributed by atoms with Crippen molar-refractivity contribution in [3.05, 3.63) is 35.4 Å². The zero-order valence-electron chi connectivity index (χ0n) is 12.2. The summed E-state index contributed by atoms with van der Waals surface area (Å²) in [5.41, 5.74) is 3.64. The molecule has 0 spiro atoms. The van der Waals surface area contributed by atoms with E-state index in [4.69, 9.17) is 0 Å². The van der Waals surface area contributed by atoms with Crippen molar-refractivity contribution in [2.75, 3.05) is 0 Å². The molecular formula is C14H23N5. The van der Waals surface area contributed by atoms with Gasteiger partial charge in [-0.25, -0.2) is 0 Å². The molecule has 0 radical (unpaired) electrons. The number of nitrogens with zero attached hydrogens (tertiary/aromatic N) is 4. The lowest BCUT2D eigenvalue weighted by molar-refractivity contribution is 0.585. The van der Waals surface area contributed by atoms with Crippen molar-refractivity contribution in [1.82, 2.24) is 24.9 Å². The molecule has 5 heteroatoms. The molecule has 0 fully saturated rings. The fraction of sp³-hybridized carbons (Fsp3) is 0.571. The van der Waals surface area contributed by atoms with Gasteiger partial charge in [0, 0.05) is 44.1 Å². The lowest BCUT2D eigenvalue weighted by atomic mass is 10.2. The van der Waals surface area contributed by atoms with Gasteiger partial charge in [0.1, 0.15) is 0 Å². The molecule has 0 aliphatic carbocycles. The van der Waals surface area contributed by atoms with Gasteiger partial charge in [-0.2, -0.15) is 10.2 Å². The maximum atomic E-state index is 4.56. The van der Waals surface area contributed by atoms with Crippen LogP contribution >= 0.6 is 0 Å². The summed E-state index contributed by atoms with van der Waals surface area (Å²) >= 11 is 0. The Morgan fingerprint density at radius 1 is 1.32 bits per heavy atom. The third-order valence-corrected chi connectivity index (χ3v) is 3.14. The maximum absolute atomic E-state index is 4.56. The number of aryl methyl sites for hydroxylation is 4. The third-order valence-electron chi connectivity index (χ3n) is 3.14. The summed E-state index contributed by atoms with van der Waals surface area (Å²) in [7, 11) is 1.94. The van der Waals surface area contributed by atoms with E-state index in [0.717, 1.165) is 25.2 Å². The van der Waals surface area contributed by atoms with E-state index in [2.05, 4.69) is 48.7 Å². The highest BCUT2D eigenvalue weighted by molar-refractivity contribution is 5.15. The second kappa shape index (κ2) is 6.02. The van der Waals surface area contributed by atoms with Crippen LogP contribution in [0.25, 0.3) is 0 Å². The van der Waals surface area contributed by atoms with Crippen LogP contribution in [0.3, 0.4) is 0 Å². The number of rotatable bonds is 6. The fourth-order valence-corrected chi connectivity index (χ4v) is 2.01. The van der Waals surface area contributed by atoms with Gasteiger partial charge in [0.05, 0.1) is 11.9 Å². The molecule has 0 aromatic carbocycles. The molecule has 2 aromatic heterocycles. The van der Waals surface area contributed by atoms with E-state index < -0.39 is 0 Å². The van der Waals surface area contributed by atoms with E-state index in [1.807, 2.05) is 22.6 Å². The van der Waals surface area contributed by atoms with Gasteiger partial charge in [0.2, 0.25) is 0 Å². The van der Waals surface area contributed by atoms with Gasteiger partial charge in [-0.05, 0) is 18.9 Å². The van der Waals surface area contributed by atoms with Crippen molar-refractivity contribution < 1.29 is 0 Å². The van der Waals surface area contributed by atoms with Gasteiger partial charge in [0.25, 0.3) is 0 Å². The van der Waals surface area contributed by atoms with Crippen LogP contribution in [0.5, 0.6) is 0 Å². The predicted octanol–water partition coefficient (Wildman–Crippen LogP) is 1.67. The summed E-state index contributed by atoms with van der Waals surface area (Å²) in [6, 6.07) is 0.498. The summed E-state index contributed by atoms with van der Waals surface area (Å²) < 4.78 is 3.86. The summed E-state index contributed by atoms with van der Waals surface area (Å²) in [6.45, 7) is 8.16. The highest BCUT2D eigenvalue weighted by Gasteiger charge is 2.06. The molecule has 0 saturated heterocycles. The van der Waals surface area contributed by atoms with Crippen molar-refractivity contribution in [2.45, 2.75) is 46.3 Å². The number of hydrogen-bond donors (Lipinski definition) is 1. The molecule has 0 bridgehead atoms. The van der Waals surface area contributed by atoms with Crippen molar-refractivity contribution in [3.63, 3.8) is 0 Å². The standard InChI is InChI=1S/C14H23N5/c1-11(2)15-8-14-10-19(17-12(14)3)6-5-13-7-16-18(4)9-13/h7,9-11,15H,5-6,8H2,1-4H3. The Bertz CT molecular complexity index is 524. The van der Waals surface area contributed by atoms with Crippen LogP contribution < -0.4 is 5.32 Å². The van der Waals surface area contributed by atoms with E-state index in [-0.39, 0.29) is 0 Å². The summed E-state index contributed by atoms with van der Waals surface area (Å²) in [6.07, 6.45) is 7.07. The Morgan fingerprint density at radius 2 is 2.11 bits per heavy atom. The van der Waals surface area contributed by atoms with Crippen LogP contribution in [0.4, 0.5) is 0 Å². The van der Waals surface area contributed by atoms with E-state index in [1.54, 1.807) is 0 Å². The monoisotopic (exact) mass is 261 g/mol. The van der Waals surface area contributed by atoms with Crippen molar-refractivity contribution in [1.29, 1.82) is 0 Å². The molecule has 2 aromatic rings. The molecule has 0 amide bonds. The molecule has 2 heterocycles. The second-order valence-electron chi connectivity index (χ2n) is 5.31. The quantitative estimate of drug-likeness (QED) is 0.860. The largest absolute Gasteiger partial charge is 0.310 e. The zero-order chi connectivity index (χ0) is 13.8. The highest BCUT2D eigenvalue weighted by atomic mass is 15.3. The van der Waals surface area contributed by atoms with E-state index in [9.17, 15) is 0 Å². The number of nitrogens with one attached hydrogen (secondary N) is 1. The molecule has 0 unspecified atom stereocenters. The van der Waals surface area contributed by atoms with Gasteiger partial charge in [-0.15, -0.1) is 0 Å². The molecule has 0 saturated carbocycles. The fourth-order valence-electron chi connectivity index (χ4n) is 2.01. The molecular weight excluding hydrogens is 238 g/mol. The molecule has 19 heavy (non-hydrogen) atoms. The maximum Gasteiger partial charge on any atom is 0.0638 e. The first kappa shape index (κ1) is 13.8. The Kier molecular flexibility index (Phi) is 4.37. The minimum Gasteiger partial charge on any atom is -0.310 e. The molecule has 2 rings (SSSR count). The molecule has 0 aliphatic rings. The van der Waals surface area contributed by atoms with Gasteiger partial charge in [-0.3, -0.25) is 9.36 Å². The van der Waals surface area contributed by atoms with Gasteiger partial charge >= 0.3 is 0 Å². The van der Waals surface area contributed by atoms with Crippen LogP contribution in [-0.4, -0.2) is 25.6 Å². The van der Waals surface area contributed by atoms with Crippen LogP contribution in [0.15, 0.2) is 18.6 Å². The van der Waals surface area contributed by atoms with Crippen molar-refractivity contribution in [2.24, 2.45) is 7.05 Å². The summed E-state index contributed by atoms with van der Waals surface area (Å²) in [5, 5.41) is 12.2. The predicted molar refractivity (Wildman–Crippen MR) is 75.9 cm³/mol. The lowest BCUT2D eigenvalue weighted by Gasteiger charge is -2.06. The SMILES string of the molecule is Cc1nn(CCc2cnn(C)c2)cc1CNC(C)C. The molecule has 104 valence electrons. The topological polar surface area (TPSA) is 47.7 Å². The van der Waals surface area contributed by atoms with Gasteiger partial charge in [0.15, 0.2) is 0 Å². The Hall–Kier alpha value is -1.62. The Balaban J connectivity index is 1.92. The van der Waals surface area contributed by atoms with Gasteiger partial charge < -0.3 is 5.32 Å². The van der Waals surface area contributed by atoms with Crippen LogP contribution in [0, 0.1) is 6.92 Å². The van der Waals surface area contributed by atoms with E-state index >= 15 is 0 Å². The van der Waals surface area contributed by atoms with Crippen molar-refractivity contribution >= 4 is 0 Å². The normalized spacial score (nSPS) is 11.4. The molecule has 0 atom stereocenters. The van der Waals surface area contributed by atoms with Crippen LogP contribution in [-0.2, 0) is 26.6 Å². The minimum atomic E-state index is 0.498. The molecule has 0 aliphatic heterocycles. The average molecular weight is 261 g/mol. The van der Waals surface area contributed by atoms with Crippen LogP contribution in [0.1, 0.15) is 30.7 Å². The smallest absolute Gasteiger partial charge is 0.0638 e. The van der Waals surface area contributed by atoms with Crippen LogP contribution in [0.2, 0.25) is 0 Å². The van der Waals surface area contributed by atoms with Gasteiger partial charge in [-0.1, -0.05) is 13.8 Å². The first-order valence-electron chi connectivity index (χ1n) is 6.78. The first-order chi connectivity index (χ1) is 9.04. The first-order valence-corrected chi connectivity index (χ1v) is 6.78. The summed E-state index contributed by atoms with van der Waals surface area (Å²) in [4.78, 5) is 0. The number of hydrogen-bond acceptors (Lipinski definition) is 3. The minimum absolute atomic E-state index is 0.498. The lowest BCUT2D eigenvalue weighted by Crippen LogP contribution is -2.21. The van der Waals surface area contributed by atoms with E-state index in [0.29, 0.717) is 6.04 Å². The highest BCUT2D eigenvalue weighted by Crippen LogP contribution is 2.07. The average Bonchev–Trinajstić information content (AvgIpc) is 2.90. The van der Waals surface area contributed by atoms with E-state index in [1.165, 1.54) is 11.1 Å². The Labute approximate surface area is 114 Å². The number of aromatic nitrogens is 4. The van der Waals surface area contributed by atoms with Crippen molar-refractivity contribution in [3.8, 4) is 0 Å². The third kappa shape index (κ3) is 3.92. The zero-order valence-corrected chi connectivity index (χ0v) is 12.2. The second-order valence-corrected chi connectivity index (χ2v) is 5.31. The summed E-state index contributed by atoms with van der Waals surface area (Å²) in [5.74, 6) is 0. The molecule has 1 N–H and O–H groups in total.